The first kappa shape index (κ1) is 10.7. The van der Waals surface area contributed by atoms with Crippen molar-refractivity contribution in [2.24, 2.45) is 0 Å². The Bertz CT molecular complexity index is 525. The third kappa shape index (κ3) is 1.72. The Morgan fingerprint density at radius 2 is 2.35 bits per heavy atom. The normalized spacial score (nSPS) is 28.9. The minimum Gasteiger partial charge on any atom is -0.394 e. The Morgan fingerprint density at radius 3 is 3.12 bits per heavy atom. The van der Waals surface area contributed by atoms with E-state index in [4.69, 9.17) is 9.84 Å². The van der Waals surface area contributed by atoms with E-state index in [1.807, 2.05) is 29.0 Å². The first-order valence-electron chi connectivity index (χ1n) is 5.65. The van der Waals surface area contributed by atoms with Crippen LogP contribution in [0.1, 0.15) is 12.6 Å². The van der Waals surface area contributed by atoms with Crippen LogP contribution < -0.4 is 0 Å². The Morgan fingerprint density at radius 1 is 1.47 bits per heavy atom. The van der Waals surface area contributed by atoms with E-state index in [0.717, 1.165) is 11.0 Å². The van der Waals surface area contributed by atoms with Gasteiger partial charge in [-0.15, -0.1) is 0 Å². The third-order valence-corrected chi connectivity index (χ3v) is 3.17. The van der Waals surface area contributed by atoms with Gasteiger partial charge in [0.25, 0.3) is 0 Å². The maximum absolute atomic E-state index is 9.71. The molecular formula is C12H14N2O3. The molecule has 3 atom stereocenters. The van der Waals surface area contributed by atoms with E-state index >= 15 is 0 Å². The van der Waals surface area contributed by atoms with Crippen molar-refractivity contribution in [2.45, 2.75) is 24.9 Å². The Labute approximate surface area is 98.3 Å². The molecule has 3 rings (SSSR count). The first-order valence-corrected chi connectivity index (χ1v) is 5.65. The highest BCUT2D eigenvalue weighted by Crippen LogP contribution is 2.31. The summed E-state index contributed by atoms with van der Waals surface area (Å²) in [7, 11) is 0. The second-order valence-electron chi connectivity index (χ2n) is 4.25. The molecule has 1 aliphatic heterocycles. The molecule has 0 bridgehead atoms. The van der Waals surface area contributed by atoms with E-state index in [0.29, 0.717) is 6.42 Å². The first-order chi connectivity index (χ1) is 8.29. The Kier molecular flexibility index (Phi) is 2.58. The van der Waals surface area contributed by atoms with E-state index in [9.17, 15) is 5.11 Å². The van der Waals surface area contributed by atoms with Crippen molar-refractivity contribution in [3.05, 3.63) is 30.6 Å². The van der Waals surface area contributed by atoms with Crippen LogP contribution in [0.2, 0.25) is 0 Å². The van der Waals surface area contributed by atoms with Crippen molar-refractivity contribution in [2.75, 3.05) is 6.61 Å². The van der Waals surface area contributed by atoms with Gasteiger partial charge in [-0.05, 0) is 18.2 Å². The molecule has 2 aromatic heterocycles. The molecule has 2 N–H and O–H groups in total. The van der Waals surface area contributed by atoms with Crippen LogP contribution in [0.15, 0.2) is 30.6 Å². The van der Waals surface area contributed by atoms with E-state index in [1.165, 1.54) is 0 Å². The summed E-state index contributed by atoms with van der Waals surface area (Å²) >= 11 is 0. The third-order valence-electron chi connectivity index (χ3n) is 3.17. The molecule has 5 nitrogen and oxygen atoms in total. The number of aromatic nitrogens is 2. The van der Waals surface area contributed by atoms with E-state index in [-0.39, 0.29) is 12.8 Å². The minimum absolute atomic E-state index is 0.162. The minimum atomic E-state index is -0.619. The molecule has 5 heteroatoms. The second-order valence-corrected chi connectivity index (χ2v) is 4.25. The van der Waals surface area contributed by atoms with Crippen molar-refractivity contribution in [1.29, 1.82) is 0 Å². The smallest absolute Gasteiger partial charge is 0.141 e. The summed E-state index contributed by atoms with van der Waals surface area (Å²) in [4.78, 5) is 4.30. The molecule has 90 valence electrons. The zero-order valence-corrected chi connectivity index (χ0v) is 9.23. The number of rotatable bonds is 2. The van der Waals surface area contributed by atoms with Crippen LogP contribution in [0.5, 0.6) is 0 Å². The Hall–Kier alpha value is -1.43. The van der Waals surface area contributed by atoms with Crippen molar-refractivity contribution < 1.29 is 14.9 Å². The summed E-state index contributed by atoms with van der Waals surface area (Å²) in [5.74, 6) is 0. The molecule has 0 unspecified atom stereocenters. The van der Waals surface area contributed by atoms with E-state index in [2.05, 4.69) is 4.98 Å². The van der Waals surface area contributed by atoms with Crippen LogP contribution in [0.4, 0.5) is 0 Å². The number of fused-ring (bicyclic) bond motifs is 1. The average molecular weight is 234 g/mol. The van der Waals surface area contributed by atoms with E-state index < -0.39 is 12.2 Å². The van der Waals surface area contributed by atoms with E-state index in [1.54, 1.807) is 6.20 Å². The molecule has 0 spiro atoms. The molecule has 0 aliphatic carbocycles. The molecule has 0 radical (unpaired) electrons. The van der Waals surface area contributed by atoms with Crippen LogP contribution in [-0.4, -0.2) is 38.6 Å². The maximum Gasteiger partial charge on any atom is 0.141 e. The van der Waals surface area contributed by atoms with Crippen LogP contribution in [0.3, 0.4) is 0 Å². The van der Waals surface area contributed by atoms with Crippen molar-refractivity contribution in [3.8, 4) is 0 Å². The highest BCUT2D eigenvalue weighted by atomic mass is 16.5. The quantitative estimate of drug-likeness (QED) is 0.801. The van der Waals surface area contributed by atoms with Gasteiger partial charge >= 0.3 is 0 Å². The molecule has 1 fully saturated rings. The second kappa shape index (κ2) is 4.10. The number of hydrogen-bond acceptors (Lipinski definition) is 4. The molecule has 0 amide bonds. The molecule has 2 aromatic rings. The number of hydrogen-bond donors (Lipinski definition) is 2. The zero-order chi connectivity index (χ0) is 11.8. The molecule has 0 aromatic carbocycles. The lowest BCUT2D eigenvalue weighted by atomic mass is 10.2. The van der Waals surface area contributed by atoms with Crippen LogP contribution in [-0.2, 0) is 4.74 Å². The standard InChI is InChI=1S/C12H14N2O3/c15-7-10-9(16)6-11(17-10)14-5-3-8-2-1-4-13-12(8)14/h1-5,9-11,15-16H,6-7H2/t9-,10+,11+/m0/s1. The summed E-state index contributed by atoms with van der Waals surface area (Å²) in [6, 6.07) is 5.83. The SMILES string of the molecule is OC[C@H]1O[C@@H](n2ccc3cccnc32)C[C@@H]1O. The highest BCUT2D eigenvalue weighted by Gasteiger charge is 2.34. The summed E-state index contributed by atoms with van der Waals surface area (Å²) in [6.07, 6.45) is 2.73. The predicted molar refractivity (Wildman–Crippen MR) is 61.4 cm³/mol. The number of aliphatic hydroxyl groups is 2. The fourth-order valence-corrected chi connectivity index (χ4v) is 2.27. The predicted octanol–water partition coefficient (Wildman–Crippen LogP) is 0.677. The lowest BCUT2D eigenvalue weighted by Gasteiger charge is -2.14. The Balaban J connectivity index is 1.95. The number of aliphatic hydroxyl groups excluding tert-OH is 2. The van der Waals surface area contributed by atoms with Gasteiger partial charge in [-0.1, -0.05) is 0 Å². The van der Waals surface area contributed by atoms with Crippen molar-refractivity contribution in [1.82, 2.24) is 9.55 Å². The van der Waals surface area contributed by atoms with Gasteiger partial charge in [0, 0.05) is 24.2 Å². The summed E-state index contributed by atoms with van der Waals surface area (Å²) in [5.41, 5.74) is 0.836. The van der Waals surface area contributed by atoms with Crippen LogP contribution >= 0.6 is 0 Å². The lowest BCUT2D eigenvalue weighted by Crippen LogP contribution is -2.24. The van der Waals surface area contributed by atoms with Gasteiger partial charge in [0.05, 0.1) is 12.7 Å². The maximum atomic E-state index is 9.71. The van der Waals surface area contributed by atoms with Gasteiger partial charge in [0.15, 0.2) is 0 Å². The van der Waals surface area contributed by atoms with Gasteiger partial charge in [-0.2, -0.15) is 0 Å². The van der Waals surface area contributed by atoms with Crippen molar-refractivity contribution in [3.63, 3.8) is 0 Å². The summed E-state index contributed by atoms with van der Waals surface area (Å²) in [5, 5.41) is 19.8. The largest absolute Gasteiger partial charge is 0.394 e. The number of ether oxygens (including phenoxy) is 1. The van der Waals surface area contributed by atoms with Crippen LogP contribution in [0.25, 0.3) is 11.0 Å². The van der Waals surface area contributed by atoms with Gasteiger partial charge in [0.2, 0.25) is 0 Å². The molecule has 3 heterocycles. The molecular weight excluding hydrogens is 220 g/mol. The fraction of sp³-hybridized carbons (Fsp3) is 0.417. The summed E-state index contributed by atoms with van der Waals surface area (Å²) in [6.45, 7) is -0.162. The molecule has 1 aliphatic rings. The average Bonchev–Trinajstić information content (AvgIpc) is 2.92. The zero-order valence-electron chi connectivity index (χ0n) is 9.23. The monoisotopic (exact) mass is 234 g/mol. The lowest BCUT2D eigenvalue weighted by molar-refractivity contribution is -0.0430. The molecule has 17 heavy (non-hydrogen) atoms. The number of nitrogens with zero attached hydrogens (tertiary/aromatic N) is 2. The van der Waals surface area contributed by atoms with Gasteiger partial charge in [-0.25, -0.2) is 4.98 Å². The molecule has 0 saturated carbocycles. The van der Waals surface area contributed by atoms with Gasteiger partial charge in [0.1, 0.15) is 18.0 Å². The van der Waals surface area contributed by atoms with Gasteiger partial charge in [-0.3, -0.25) is 0 Å². The summed E-state index contributed by atoms with van der Waals surface area (Å²) < 4.78 is 7.50. The van der Waals surface area contributed by atoms with Crippen molar-refractivity contribution >= 4 is 11.0 Å². The van der Waals surface area contributed by atoms with Gasteiger partial charge < -0.3 is 19.5 Å². The number of pyridine rings is 1. The van der Waals surface area contributed by atoms with Crippen LogP contribution in [0, 0.1) is 0 Å². The topological polar surface area (TPSA) is 67.5 Å². The highest BCUT2D eigenvalue weighted by molar-refractivity contribution is 5.75. The fourth-order valence-electron chi connectivity index (χ4n) is 2.27. The molecule has 1 saturated heterocycles.